The lowest BCUT2D eigenvalue weighted by Crippen LogP contribution is -1.95. The van der Waals surface area contributed by atoms with Crippen LogP contribution in [0.5, 0.6) is 5.88 Å². The van der Waals surface area contributed by atoms with E-state index in [0.29, 0.717) is 11.2 Å². The lowest BCUT2D eigenvalue weighted by molar-refractivity contribution is 0.397. The van der Waals surface area contributed by atoms with Gasteiger partial charge in [0.25, 0.3) is 0 Å². The van der Waals surface area contributed by atoms with Gasteiger partial charge in [-0.05, 0) is 12.1 Å². The predicted octanol–water partition coefficient (Wildman–Crippen LogP) is 3.05. The smallest absolute Gasteiger partial charge is 0.213 e. The topological polar surface area (TPSA) is 35.0 Å². The molecule has 0 aliphatic heterocycles. The zero-order chi connectivity index (χ0) is 11.4. The first-order valence-electron chi connectivity index (χ1n) is 4.85. The van der Waals surface area contributed by atoms with Crippen LogP contribution in [-0.4, -0.2) is 17.1 Å². The minimum absolute atomic E-state index is 0.627. The van der Waals surface area contributed by atoms with Crippen molar-refractivity contribution in [2.24, 2.45) is 0 Å². The lowest BCUT2D eigenvalue weighted by atomic mass is 10.1. The molecule has 0 aromatic carbocycles. The first-order valence-corrected chi connectivity index (χ1v) is 5.97. The summed E-state index contributed by atoms with van der Waals surface area (Å²) in [5.74, 6) is 0.627. The number of aromatic nitrogens is 2. The summed E-state index contributed by atoms with van der Waals surface area (Å²) in [5, 5.41) is 0.689. The van der Waals surface area contributed by atoms with Gasteiger partial charge in [0.15, 0.2) is 0 Å². The molecule has 0 bridgehead atoms. The minimum Gasteiger partial charge on any atom is -0.481 e. The maximum absolute atomic E-state index is 5.10. The molecule has 2 rings (SSSR count). The van der Waals surface area contributed by atoms with Crippen LogP contribution in [-0.2, 0) is 5.33 Å². The van der Waals surface area contributed by atoms with E-state index >= 15 is 0 Å². The molecule has 2 aromatic heterocycles. The first-order chi connectivity index (χ1) is 7.85. The molecule has 16 heavy (non-hydrogen) atoms. The maximum atomic E-state index is 5.10. The van der Waals surface area contributed by atoms with Crippen molar-refractivity contribution >= 4 is 15.9 Å². The molecular weight excluding hydrogens is 268 g/mol. The van der Waals surface area contributed by atoms with Gasteiger partial charge in [-0.15, -0.1) is 0 Å². The van der Waals surface area contributed by atoms with Gasteiger partial charge in [0, 0.05) is 34.9 Å². The van der Waals surface area contributed by atoms with Gasteiger partial charge in [-0.2, -0.15) is 0 Å². The number of hydrogen-bond acceptors (Lipinski definition) is 3. The molecule has 0 saturated heterocycles. The van der Waals surface area contributed by atoms with Crippen molar-refractivity contribution in [2.75, 3.05) is 7.11 Å². The quantitative estimate of drug-likeness (QED) is 0.810. The Bertz CT molecular complexity index is 474. The van der Waals surface area contributed by atoms with E-state index in [9.17, 15) is 0 Å². The molecule has 0 saturated carbocycles. The Kier molecular flexibility index (Phi) is 3.51. The molecule has 82 valence electrons. The molecule has 2 heterocycles. The van der Waals surface area contributed by atoms with Gasteiger partial charge in [-0.25, -0.2) is 4.98 Å². The van der Waals surface area contributed by atoms with E-state index in [2.05, 4.69) is 25.9 Å². The molecular formula is C12H11BrN2O. The van der Waals surface area contributed by atoms with Crippen LogP contribution in [0.2, 0.25) is 0 Å². The van der Waals surface area contributed by atoms with Crippen molar-refractivity contribution in [3.05, 3.63) is 42.4 Å². The molecule has 0 N–H and O–H groups in total. The molecule has 0 unspecified atom stereocenters. The van der Waals surface area contributed by atoms with E-state index in [1.807, 2.05) is 30.5 Å². The Morgan fingerprint density at radius 2 is 2.19 bits per heavy atom. The Morgan fingerprint density at radius 1 is 1.31 bits per heavy atom. The van der Waals surface area contributed by atoms with E-state index in [1.165, 1.54) is 0 Å². The summed E-state index contributed by atoms with van der Waals surface area (Å²) in [6.07, 6.45) is 3.59. The molecule has 0 atom stereocenters. The minimum atomic E-state index is 0.627. The van der Waals surface area contributed by atoms with Gasteiger partial charge < -0.3 is 4.74 Å². The highest BCUT2D eigenvalue weighted by molar-refractivity contribution is 9.08. The SMILES string of the molecule is COc1ccc(-c2cccnc2)c(CBr)n1. The average molecular weight is 279 g/mol. The first kappa shape index (κ1) is 11.1. The largest absolute Gasteiger partial charge is 0.481 e. The summed E-state index contributed by atoms with van der Waals surface area (Å²) in [7, 11) is 1.62. The number of rotatable bonds is 3. The number of alkyl halides is 1. The third-order valence-corrected chi connectivity index (χ3v) is 2.79. The van der Waals surface area contributed by atoms with Gasteiger partial charge in [0.2, 0.25) is 5.88 Å². The van der Waals surface area contributed by atoms with Crippen molar-refractivity contribution < 1.29 is 4.74 Å². The highest BCUT2D eigenvalue weighted by Gasteiger charge is 2.07. The molecule has 0 amide bonds. The van der Waals surface area contributed by atoms with Crippen LogP contribution in [0.4, 0.5) is 0 Å². The summed E-state index contributed by atoms with van der Waals surface area (Å²) < 4.78 is 5.10. The van der Waals surface area contributed by atoms with Crippen LogP contribution in [0.3, 0.4) is 0 Å². The molecule has 4 heteroatoms. The van der Waals surface area contributed by atoms with Crippen LogP contribution < -0.4 is 4.74 Å². The fraction of sp³-hybridized carbons (Fsp3) is 0.167. The van der Waals surface area contributed by atoms with Crippen molar-refractivity contribution in [3.63, 3.8) is 0 Å². The molecule has 0 aliphatic carbocycles. The Labute approximate surface area is 103 Å². The van der Waals surface area contributed by atoms with Crippen LogP contribution in [0.1, 0.15) is 5.69 Å². The molecule has 2 aromatic rings. The number of methoxy groups -OCH3 is 1. The monoisotopic (exact) mass is 278 g/mol. The van der Waals surface area contributed by atoms with Crippen LogP contribution >= 0.6 is 15.9 Å². The Balaban J connectivity index is 2.49. The molecule has 0 radical (unpaired) electrons. The molecule has 0 fully saturated rings. The number of pyridine rings is 2. The van der Waals surface area contributed by atoms with Crippen molar-refractivity contribution in [1.82, 2.24) is 9.97 Å². The molecule has 0 spiro atoms. The fourth-order valence-electron chi connectivity index (χ4n) is 1.48. The third-order valence-electron chi connectivity index (χ3n) is 2.26. The highest BCUT2D eigenvalue weighted by Crippen LogP contribution is 2.25. The van der Waals surface area contributed by atoms with Crippen molar-refractivity contribution in [1.29, 1.82) is 0 Å². The third kappa shape index (κ3) is 2.22. The lowest BCUT2D eigenvalue weighted by Gasteiger charge is -2.07. The predicted molar refractivity (Wildman–Crippen MR) is 66.7 cm³/mol. The summed E-state index contributed by atoms with van der Waals surface area (Å²) in [6.45, 7) is 0. The van der Waals surface area contributed by atoms with Gasteiger partial charge in [0.05, 0.1) is 12.8 Å². The number of nitrogens with zero attached hydrogens (tertiary/aromatic N) is 2. The normalized spacial score (nSPS) is 10.1. The van der Waals surface area contributed by atoms with Gasteiger partial charge in [0.1, 0.15) is 0 Å². The number of halogens is 1. The second-order valence-electron chi connectivity index (χ2n) is 3.22. The zero-order valence-corrected chi connectivity index (χ0v) is 10.4. The summed E-state index contributed by atoms with van der Waals surface area (Å²) in [4.78, 5) is 8.49. The van der Waals surface area contributed by atoms with E-state index in [4.69, 9.17) is 4.74 Å². The van der Waals surface area contributed by atoms with E-state index in [-0.39, 0.29) is 0 Å². The average Bonchev–Trinajstić information content (AvgIpc) is 2.39. The van der Waals surface area contributed by atoms with Crippen molar-refractivity contribution in [2.45, 2.75) is 5.33 Å². The highest BCUT2D eigenvalue weighted by atomic mass is 79.9. The van der Waals surface area contributed by atoms with Crippen LogP contribution in [0, 0.1) is 0 Å². The summed E-state index contributed by atoms with van der Waals surface area (Å²) in [5.41, 5.74) is 3.09. The van der Waals surface area contributed by atoms with E-state index < -0.39 is 0 Å². The number of ether oxygens (including phenoxy) is 1. The molecule has 0 aliphatic rings. The van der Waals surface area contributed by atoms with Gasteiger partial charge in [-0.1, -0.05) is 22.0 Å². The van der Waals surface area contributed by atoms with Crippen LogP contribution in [0.15, 0.2) is 36.7 Å². The Morgan fingerprint density at radius 3 is 2.81 bits per heavy atom. The van der Waals surface area contributed by atoms with E-state index in [0.717, 1.165) is 16.8 Å². The summed E-state index contributed by atoms with van der Waals surface area (Å²) in [6, 6.07) is 7.79. The summed E-state index contributed by atoms with van der Waals surface area (Å²) >= 11 is 3.43. The maximum Gasteiger partial charge on any atom is 0.213 e. The second-order valence-corrected chi connectivity index (χ2v) is 3.78. The van der Waals surface area contributed by atoms with Gasteiger partial charge in [-0.3, -0.25) is 4.98 Å². The van der Waals surface area contributed by atoms with Crippen LogP contribution in [0.25, 0.3) is 11.1 Å². The number of hydrogen-bond donors (Lipinski definition) is 0. The van der Waals surface area contributed by atoms with Crippen molar-refractivity contribution in [3.8, 4) is 17.0 Å². The van der Waals surface area contributed by atoms with Gasteiger partial charge >= 0.3 is 0 Å². The fourth-order valence-corrected chi connectivity index (χ4v) is 1.91. The zero-order valence-electron chi connectivity index (χ0n) is 8.85. The Hall–Kier alpha value is -1.42. The second kappa shape index (κ2) is 5.07. The molecule has 3 nitrogen and oxygen atoms in total. The van der Waals surface area contributed by atoms with E-state index in [1.54, 1.807) is 13.3 Å². The standard InChI is InChI=1S/C12H11BrN2O/c1-16-12-5-4-10(11(7-13)15-12)9-3-2-6-14-8-9/h2-6,8H,7H2,1H3.